The lowest BCUT2D eigenvalue weighted by Gasteiger charge is -2.10. The van der Waals surface area contributed by atoms with Crippen LogP contribution in [0.2, 0.25) is 0 Å². The fourth-order valence-corrected chi connectivity index (χ4v) is 4.29. The normalized spacial score (nSPS) is 10.9. The molecule has 3 aromatic rings. The van der Waals surface area contributed by atoms with Crippen molar-refractivity contribution < 1.29 is 9.90 Å². The highest BCUT2D eigenvalue weighted by Crippen LogP contribution is 2.32. The number of amides is 1. The molecule has 2 aromatic carbocycles. The summed E-state index contributed by atoms with van der Waals surface area (Å²) in [5.74, 6) is 0.782. The summed E-state index contributed by atoms with van der Waals surface area (Å²) in [6.45, 7) is 4.53. The predicted molar refractivity (Wildman–Crippen MR) is 119 cm³/mol. The van der Waals surface area contributed by atoms with Crippen molar-refractivity contribution in [2.24, 2.45) is 0 Å². The number of carbonyl (C=O) groups is 1. The van der Waals surface area contributed by atoms with E-state index in [0.717, 1.165) is 20.2 Å². The van der Waals surface area contributed by atoms with Gasteiger partial charge in [-0.1, -0.05) is 43.6 Å². The van der Waals surface area contributed by atoms with Gasteiger partial charge in [0.15, 0.2) is 11.0 Å². The minimum atomic E-state index is -0.118. The summed E-state index contributed by atoms with van der Waals surface area (Å²) in [7, 11) is 0. The highest BCUT2D eigenvalue weighted by atomic mass is 79.9. The molecule has 0 atom stereocenters. The number of aromatic hydroxyl groups is 1. The molecule has 0 unspecified atom stereocenters. The number of carbonyl (C=O) groups excluding carboxylic acids is 1. The molecule has 0 aliphatic rings. The van der Waals surface area contributed by atoms with Crippen LogP contribution in [-0.4, -0.2) is 31.5 Å². The summed E-state index contributed by atoms with van der Waals surface area (Å²) in [6.07, 6.45) is 0. The van der Waals surface area contributed by atoms with Gasteiger partial charge in [-0.25, -0.2) is 0 Å². The molecule has 0 bridgehead atoms. The van der Waals surface area contributed by atoms with Crippen LogP contribution in [0.4, 0.5) is 5.69 Å². The average Bonchev–Trinajstić information content (AvgIpc) is 3.07. The molecule has 1 amide bonds. The second kappa shape index (κ2) is 9.11. The third-order valence-corrected chi connectivity index (χ3v) is 5.98. The van der Waals surface area contributed by atoms with Gasteiger partial charge in [-0.05, 0) is 55.8 Å². The number of aromatic nitrogens is 3. The van der Waals surface area contributed by atoms with E-state index in [9.17, 15) is 9.90 Å². The Hall–Kier alpha value is -1.84. The van der Waals surface area contributed by atoms with Crippen molar-refractivity contribution in [2.75, 3.05) is 11.1 Å². The first kappa shape index (κ1) is 20.9. The van der Waals surface area contributed by atoms with E-state index in [1.54, 1.807) is 18.2 Å². The van der Waals surface area contributed by atoms with Crippen LogP contribution in [0.1, 0.15) is 12.5 Å². The van der Waals surface area contributed by atoms with Gasteiger partial charge in [0, 0.05) is 21.2 Å². The van der Waals surface area contributed by atoms with E-state index < -0.39 is 0 Å². The Kier molecular flexibility index (Phi) is 6.79. The first-order valence-corrected chi connectivity index (χ1v) is 11.1. The molecule has 0 aliphatic carbocycles. The van der Waals surface area contributed by atoms with Crippen molar-refractivity contribution in [3.63, 3.8) is 0 Å². The lowest BCUT2D eigenvalue weighted by molar-refractivity contribution is -0.113. The molecule has 3 rings (SSSR count). The molecule has 0 saturated carbocycles. The SMILES string of the molecule is CCn1c(SCC(=O)Nc2ccc(Br)cc2C)nnc1-c1cc(Br)ccc1O. The summed E-state index contributed by atoms with van der Waals surface area (Å²) in [4.78, 5) is 12.4. The molecule has 0 fully saturated rings. The van der Waals surface area contributed by atoms with E-state index in [4.69, 9.17) is 0 Å². The Morgan fingerprint density at radius 1 is 1.18 bits per heavy atom. The van der Waals surface area contributed by atoms with Gasteiger partial charge in [-0.2, -0.15) is 0 Å². The molecule has 6 nitrogen and oxygen atoms in total. The Labute approximate surface area is 184 Å². The Balaban J connectivity index is 1.73. The van der Waals surface area contributed by atoms with Gasteiger partial charge in [0.1, 0.15) is 5.75 Å². The lowest BCUT2D eigenvalue weighted by Crippen LogP contribution is -2.15. The lowest BCUT2D eigenvalue weighted by atomic mass is 10.2. The van der Waals surface area contributed by atoms with Gasteiger partial charge in [0.2, 0.25) is 5.91 Å². The van der Waals surface area contributed by atoms with Gasteiger partial charge in [0.25, 0.3) is 0 Å². The fraction of sp³-hybridized carbons (Fsp3) is 0.211. The van der Waals surface area contributed by atoms with E-state index in [0.29, 0.717) is 23.1 Å². The van der Waals surface area contributed by atoms with Gasteiger partial charge in [0.05, 0.1) is 11.3 Å². The molecular formula is C19H18Br2N4O2S. The molecule has 9 heteroatoms. The molecule has 146 valence electrons. The van der Waals surface area contributed by atoms with Gasteiger partial charge in [-0.3, -0.25) is 4.79 Å². The monoisotopic (exact) mass is 524 g/mol. The number of phenols is 1. The van der Waals surface area contributed by atoms with Gasteiger partial charge < -0.3 is 15.0 Å². The summed E-state index contributed by atoms with van der Waals surface area (Å²) >= 11 is 8.13. The van der Waals surface area contributed by atoms with Crippen LogP contribution in [0.15, 0.2) is 50.5 Å². The maximum atomic E-state index is 12.4. The number of nitrogens with zero attached hydrogens (tertiary/aromatic N) is 3. The topological polar surface area (TPSA) is 80.0 Å². The smallest absolute Gasteiger partial charge is 0.234 e. The molecule has 0 radical (unpaired) electrons. The van der Waals surface area contributed by atoms with Gasteiger partial charge in [-0.15, -0.1) is 10.2 Å². The number of rotatable bonds is 6. The number of anilines is 1. The van der Waals surface area contributed by atoms with Crippen molar-refractivity contribution in [3.8, 4) is 17.1 Å². The highest BCUT2D eigenvalue weighted by molar-refractivity contribution is 9.10. The van der Waals surface area contributed by atoms with Crippen molar-refractivity contribution >= 4 is 55.2 Å². The zero-order chi connectivity index (χ0) is 20.3. The van der Waals surface area contributed by atoms with E-state index >= 15 is 0 Å². The number of phenolic OH excluding ortho intramolecular Hbond substituents is 1. The number of nitrogens with one attached hydrogen (secondary N) is 1. The maximum Gasteiger partial charge on any atom is 0.234 e. The first-order chi connectivity index (χ1) is 13.4. The molecule has 0 saturated heterocycles. The Bertz CT molecular complexity index is 1020. The highest BCUT2D eigenvalue weighted by Gasteiger charge is 2.17. The van der Waals surface area contributed by atoms with Crippen LogP contribution in [0.5, 0.6) is 5.75 Å². The van der Waals surface area contributed by atoms with Crippen molar-refractivity contribution in [1.82, 2.24) is 14.8 Å². The third-order valence-electron chi connectivity index (χ3n) is 4.03. The Morgan fingerprint density at radius 3 is 2.61 bits per heavy atom. The van der Waals surface area contributed by atoms with Crippen LogP contribution in [0, 0.1) is 6.92 Å². The van der Waals surface area contributed by atoms with E-state index in [2.05, 4.69) is 47.4 Å². The minimum Gasteiger partial charge on any atom is -0.507 e. The predicted octanol–water partition coefficient (Wildman–Crippen LogP) is 5.23. The first-order valence-electron chi connectivity index (χ1n) is 8.50. The van der Waals surface area contributed by atoms with Crippen LogP contribution >= 0.6 is 43.6 Å². The molecule has 1 aromatic heterocycles. The number of aryl methyl sites for hydroxylation is 1. The number of hydrogen-bond donors (Lipinski definition) is 2. The molecule has 28 heavy (non-hydrogen) atoms. The van der Waals surface area contributed by atoms with Gasteiger partial charge >= 0.3 is 0 Å². The number of benzene rings is 2. The third kappa shape index (κ3) is 4.76. The quantitative estimate of drug-likeness (QED) is 0.430. The Morgan fingerprint density at radius 2 is 1.89 bits per heavy atom. The standard InChI is InChI=1S/C19H18Br2N4O2S/c1-3-25-18(14-9-13(21)5-7-16(14)26)23-24-19(25)28-10-17(27)22-15-6-4-12(20)8-11(15)2/h4-9,26H,3,10H2,1-2H3,(H,22,27). The van der Waals surface area contributed by atoms with Crippen molar-refractivity contribution in [1.29, 1.82) is 0 Å². The summed E-state index contributed by atoms with van der Waals surface area (Å²) in [5, 5.41) is 22.1. The summed E-state index contributed by atoms with van der Waals surface area (Å²) in [6, 6.07) is 10.9. The van der Waals surface area contributed by atoms with Crippen molar-refractivity contribution in [3.05, 3.63) is 50.9 Å². The summed E-state index contributed by atoms with van der Waals surface area (Å²) in [5.41, 5.74) is 2.35. The van der Waals surface area contributed by atoms with Crippen molar-refractivity contribution in [2.45, 2.75) is 25.5 Å². The van der Waals surface area contributed by atoms with E-state index in [1.165, 1.54) is 11.8 Å². The fourth-order valence-electron chi connectivity index (χ4n) is 2.65. The van der Waals surface area contributed by atoms with Crippen LogP contribution < -0.4 is 5.32 Å². The van der Waals surface area contributed by atoms with Crippen LogP contribution in [-0.2, 0) is 11.3 Å². The van der Waals surface area contributed by atoms with Crippen LogP contribution in [0.3, 0.4) is 0 Å². The van der Waals surface area contributed by atoms with E-state index in [1.807, 2.05) is 36.6 Å². The van der Waals surface area contributed by atoms with E-state index in [-0.39, 0.29) is 17.4 Å². The second-order valence-corrected chi connectivity index (χ2v) is 8.78. The minimum absolute atomic E-state index is 0.118. The number of halogens is 2. The second-order valence-electron chi connectivity index (χ2n) is 6.01. The number of thioether (sulfide) groups is 1. The van der Waals surface area contributed by atoms with Crippen LogP contribution in [0.25, 0.3) is 11.4 Å². The number of hydrogen-bond acceptors (Lipinski definition) is 5. The largest absolute Gasteiger partial charge is 0.507 e. The average molecular weight is 526 g/mol. The molecule has 1 heterocycles. The zero-order valence-electron chi connectivity index (χ0n) is 15.2. The maximum absolute atomic E-state index is 12.4. The molecule has 0 spiro atoms. The molecule has 2 N–H and O–H groups in total. The summed E-state index contributed by atoms with van der Waals surface area (Å²) < 4.78 is 3.69. The molecule has 0 aliphatic heterocycles. The zero-order valence-corrected chi connectivity index (χ0v) is 19.2. The molecular weight excluding hydrogens is 508 g/mol.